The minimum absolute atomic E-state index is 0.512. The van der Waals surface area contributed by atoms with Gasteiger partial charge in [-0.05, 0) is 55.7 Å². The van der Waals surface area contributed by atoms with Gasteiger partial charge in [0.2, 0.25) is 0 Å². The fourth-order valence-corrected chi connectivity index (χ4v) is 2.82. The van der Waals surface area contributed by atoms with Crippen molar-refractivity contribution in [2.24, 2.45) is 0 Å². The van der Waals surface area contributed by atoms with Gasteiger partial charge < -0.3 is 10.2 Å². The summed E-state index contributed by atoms with van der Waals surface area (Å²) in [4.78, 5) is 14.3. The van der Waals surface area contributed by atoms with Gasteiger partial charge in [-0.25, -0.2) is 8.78 Å². The van der Waals surface area contributed by atoms with Gasteiger partial charge in [-0.1, -0.05) is 6.07 Å². The van der Waals surface area contributed by atoms with Gasteiger partial charge in [0.1, 0.15) is 17.2 Å². The Bertz CT molecular complexity index is 674. The molecule has 0 bridgehead atoms. The monoisotopic (exact) mass is 316 g/mol. The standard InChI is InChI=1S/C18H18F2N2O/c19-15-5-4-6-16(20)17(15)18(23)21-13-7-9-14(10-8-13)22-11-2-1-3-12-22/h4-10H,1-3,11-12H2,(H,21,23). The molecule has 3 nitrogen and oxygen atoms in total. The second-order valence-corrected chi connectivity index (χ2v) is 5.65. The average Bonchev–Trinajstić information content (AvgIpc) is 2.56. The molecule has 23 heavy (non-hydrogen) atoms. The van der Waals surface area contributed by atoms with Crippen molar-refractivity contribution >= 4 is 17.3 Å². The van der Waals surface area contributed by atoms with Crippen LogP contribution in [0.4, 0.5) is 20.2 Å². The number of hydrogen-bond acceptors (Lipinski definition) is 2. The van der Waals surface area contributed by atoms with Crippen molar-refractivity contribution in [3.05, 3.63) is 59.7 Å². The van der Waals surface area contributed by atoms with Crippen molar-refractivity contribution in [3.63, 3.8) is 0 Å². The normalized spacial score (nSPS) is 14.6. The molecule has 5 heteroatoms. The minimum Gasteiger partial charge on any atom is -0.372 e. The lowest BCUT2D eigenvalue weighted by molar-refractivity contribution is 0.101. The van der Waals surface area contributed by atoms with Crippen molar-refractivity contribution in [2.45, 2.75) is 19.3 Å². The first-order valence-electron chi connectivity index (χ1n) is 7.75. The molecule has 3 rings (SSSR count). The first-order chi connectivity index (χ1) is 11.1. The number of amides is 1. The molecule has 0 atom stereocenters. The molecule has 1 N–H and O–H groups in total. The van der Waals surface area contributed by atoms with Gasteiger partial charge in [0, 0.05) is 24.5 Å². The third-order valence-electron chi connectivity index (χ3n) is 4.04. The lowest BCUT2D eigenvalue weighted by Crippen LogP contribution is -2.29. The molecule has 120 valence electrons. The topological polar surface area (TPSA) is 32.3 Å². The third-order valence-corrected chi connectivity index (χ3v) is 4.04. The Hall–Kier alpha value is -2.43. The van der Waals surface area contributed by atoms with E-state index < -0.39 is 23.1 Å². The van der Waals surface area contributed by atoms with E-state index >= 15 is 0 Å². The molecule has 0 aromatic heterocycles. The summed E-state index contributed by atoms with van der Waals surface area (Å²) >= 11 is 0. The highest BCUT2D eigenvalue weighted by Crippen LogP contribution is 2.22. The molecule has 1 fully saturated rings. The average molecular weight is 316 g/mol. The van der Waals surface area contributed by atoms with E-state index in [9.17, 15) is 13.6 Å². The van der Waals surface area contributed by atoms with Crippen molar-refractivity contribution < 1.29 is 13.6 Å². The number of hydrogen-bond donors (Lipinski definition) is 1. The van der Waals surface area contributed by atoms with Crippen LogP contribution in [0.2, 0.25) is 0 Å². The maximum Gasteiger partial charge on any atom is 0.261 e. The van der Waals surface area contributed by atoms with Gasteiger partial charge in [-0.3, -0.25) is 4.79 Å². The third kappa shape index (κ3) is 3.50. The zero-order chi connectivity index (χ0) is 16.2. The van der Waals surface area contributed by atoms with E-state index in [1.165, 1.54) is 25.3 Å². The zero-order valence-corrected chi connectivity index (χ0v) is 12.7. The molecule has 1 saturated heterocycles. The van der Waals surface area contributed by atoms with E-state index in [-0.39, 0.29) is 0 Å². The summed E-state index contributed by atoms with van der Waals surface area (Å²) in [5.74, 6) is -2.52. The summed E-state index contributed by atoms with van der Waals surface area (Å²) in [5.41, 5.74) is 1.05. The van der Waals surface area contributed by atoms with Crippen LogP contribution >= 0.6 is 0 Å². The van der Waals surface area contributed by atoms with Crippen LogP contribution in [0, 0.1) is 11.6 Å². The Kier molecular flexibility index (Phi) is 4.55. The number of carbonyl (C=O) groups is 1. The maximum atomic E-state index is 13.6. The molecule has 2 aromatic rings. The number of benzene rings is 2. The highest BCUT2D eigenvalue weighted by Gasteiger charge is 2.17. The van der Waals surface area contributed by atoms with Crippen LogP contribution in [0.15, 0.2) is 42.5 Å². The molecule has 1 amide bonds. The molecule has 1 aliphatic heterocycles. The van der Waals surface area contributed by atoms with Crippen LogP contribution in [-0.4, -0.2) is 19.0 Å². The van der Waals surface area contributed by atoms with Crippen LogP contribution in [0.1, 0.15) is 29.6 Å². The van der Waals surface area contributed by atoms with Gasteiger partial charge in [0.15, 0.2) is 0 Å². The summed E-state index contributed by atoms with van der Waals surface area (Å²) in [5, 5.41) is 2.53. The molecule has 2 aromatic carbocycles. The van der Waals surface area contributed by atoms with E-state index in [1.54, 1.807) is 12.1 Å². The number of rotatable bonds is 3. The molecule has 0 unspecified atom stereocenters. The van der Waals surface area contributed by atoms with Crippen molar-refractivity contribution in [3.8, 4) is 0 Å². The van der Waals surface area contributed by atoms with Gasteiger partial charge in [-0.15, -0.1) is 0 Å². The Morgan fingerprint density at radius 1 is 0.913 bits per heavy atom. The zero-order valence-electron chi connectivity index (χ0n) is 12.7. The van der Waals surface area contributed by atoms with Crippen LogP contribution in [0.3, 0.4) is 0 Å². The van der Waals surface area contributed by atoms with Crippen LogP contribution in [-0.2, 0) is 0 Å². The van der Waals surface area contributed by atoms with Gasteiger partial charge >= 0.3 is 0 Å². The van der Waals surface area contributed by atoms with Gasteiger partial charge in [-0.2, -0.15) is 0 Å². The Morgan fingerprint density at radius 2 is 1.52 bits per heavy atom. The Balaban J connectivity index is 1.72. The first kappa shape index (κ1) is 15.5. The Morgan fingerprint density at radius 3 is 2.13 bits per heavy atom. The van der Waals surface area contributed by atoms with Crippen molar-refractivity contribution in [1.82, 2.24) is 0 Å². The quantitative estimate of drug-likeness (QED) is 0.920. The molecule has 0 spiro atoms. The second kappa shape index (κ2) is 6.77. The van der Waals surface area contributed by atoms with Crippen LogP contribution in [0.5, 0.6) is 0 Å². The second-order valence-electron chi connectivity index (χ2n) is 5.65. The highest BCUT2D eigenvalue weighted by atomic mass is 19.1. The van der Waals surface area contributed by atoms with Gasteiger partial charge in [0.05, 0.1) is 0 Å². The van der Waals surface area contributed by atoms with Gasteiger partial charge in [0.25, 0.3) is 5.91 Å². The van der Waals surface area contributed by atoms with E-state index in [1.807, 2.05) is 12.1 Å². The fourth-order valence-electron chi connectivity index (χ4n) is 2.82. The summed E-state index contributed by atoms with van der Waals surface area (Å²) in [6.45, 7) is 2.07. The first-order valence-corrected chi connectivity index (χ1v) is 7.75. The number of carbonyl (C=O) groups excluding carboxylic acids is 1. The largest absolute Gasteiger partial charge is 0.372 e. The lowest BCUT2D eigenvalue weighted by atomic mass is 10.1. The number of nitrogens with zero attached hydrogens (tertiary/aromatic N) is 1. The molecular formula is C18H18F2N2O. The maximum absolute atomic E-state index is 13.6. The fraction of sp³-hybridized carbons (Fsp3) is 0.278. The molecule has 1 aliphatic rings. The Labute approximate surface area is 133 Å². The smallest absolute Gasteiger partial charge is 0.261 e. The molecule has 0 aliphatic carbocycles. The molecule has 0 saturated carbocycles. The highest BCUT2D eigenvalue weighted by molar-refractivity contribution is 6.04. The summed E-state index contributed by atoms with van der Waals surface area (Å²) in [6.07, 6.45) is 3.63. The summed E-state index contributed by atoms with van der Waals surface area (Å²) in [6, 6.07) is 10.7. The SMILES string of the molecule is O=C(Nc1ccc(N2CCCCC2)cc1)c1c(F)cccc1F. The van der Waals surface area contributed by atoms with E-state index in [0.717, 1.165) is 30.9 Å². The molecule has 0 radical (unpaired) electrons. The minimum atomic E-state index is -0.868. The van der Waals surface area contributed by atoms with Crippen molar-refractivity contribution in [1.29, 1.82) is 0 Å². The lowest BCUT2D eigenvalue weighted by Gasteiger charge is -2.28. The van der Waals surface area contributed by atoms with Crippen LogP contribution in [0.25, 0.3) is 0 Å². The number of nitrogens with one attached hydrogen (secondary N) is 1. The predicted molar refractivity (Wildman–Crippen MR) is 86.8 cm³/mol. The summed E-state index contributed by atoms with van der Waals surface area (Å²) < 4.78 is 27.2. The van der Waals surface area contributed by atoms with E-state index in [0.29, 0.717) is 5.69 Å². The number of halogens is 2. The summed E-state index contributed by atoms with van der Waals surface area (Å²) in [7, 11) is 0. The predicted octanol–water partition coefficient (Wildman–Crippen LogP) is 4.21. The molecule has 1 heterocycles. The number of piperidine rings is 1. The van der Waals surface area contributed by atoms with E-state index in [2.05, 4.69) is 10.2 Å². The number of anilines is 2. The van der Waals surface area contributed by atoms with Crippen LogP contribution < -0.4 is 10.2 Å². The van der Waals surface area contributed by atoms with Crippen molar-refractivity contribution in [2.75, 3.05) is 23.3 Å². The molecular weight excluding hydrogens is 298 g/mol. The van der Waals surface area contributed by atoms with E-state index in [4.69, 9.17) is 0 Å².